The lowest BCUT2D eigenvalue weighted by molar-refractivity contribution is -0.137. The van der Waals surface area contributed by atoms with Crippen molar-refractivity contribution in [3.05, 3.63) is 53.9 Å². The molecule has 1 aliphatic rings. The van der Waals surface area contributed by atoms with Crippen molar-refractivity contribution in [3.8, 4) is 0 Å². The van der Waals surface area contributed by atoms with Crippen LogP contribution in [0.4, 0.5) is 13.2 Å². The van der Waals surface area contributed by atoms with Crippen molar-refractivity contribution in [1.82, 2.24) is 19.5 Å². The maximum absolute atomic E-state index is 13.1. The van der Waals surface area contributed by atoms with E-state index in [-0.39, 0.29) is 11.8 Å². The topological polar surface area (TPSA) is 63.6 Å². The summed E-state index contributed by atoms with van der Waals surface area (Å²) >= 11 is 0. The molecule has 1 fully saturated rings. The van der Waals surface area contributed by atoms with Gasteiger partial charge in [0.2, 0.25) is 5.91 Å². The molecule has 28 heavy (non-hydrogen) atoms. The summed E-state index contributed by atoms with van der Waals surface area (Å²) in [6.07, 6.45) is 0.541. The van der Waals surface area contributed by atoms with E-state index >= 15 is 0 Å². The molecule has 4 heterocycles. The van der Waals surface area contributed by atoms with Crippen molar-refractivity contribution in [2.75, 3.05) is 13.1 Å². The number of carbonyl (C=O) groups excluding carboxylic acids is 1. The van der Waals surface area contributed by atoms with Crippen LogP contribution in [0.2, 0.25) is 0 Å². The van der Waals surface area contributed by atoms with Crippen LogP contribution in [0, 0.1) is 0 Å². The van der Waals surface area contributed by atoms with Crippen molar-refractivity contribution >= 4 is 11.6 Å². The standard InChI is InChI=1S/C19H19F3N4O2/c20-19(21,22)14-5-7-16-23-24-18(26(16)12-14)13-3-1-9-25(11-13)17(27)8-6-15-4-2-10-28-15/h2,4-5,7,10,12-13H,1,3,6,8-9,11H2. The second kappa shape index (κ2) is 7.29. The summed E-state index contributed by atoms with van der Waals surface area (Å²) in [5.41, 5.74) is -0.382. The van der Waals surface area contributed by atoms with Gasteiger partial charge >= 0.3 is 6.18 Å². The van der Waals surface area contributed by atoms with Crippen LogP contribution < -0.4 is 0 Å². The van der Waals surface area contributed by atoms with Crippen molar-refractivity contribution in [2.24, 2.45) is 0 Å². The molecule has 0 aromatic carbocycles. The van der Waals surface area contributed by atoms with Crippen LogP contribution in [0.15, 0.2) is 41.1 Å². The number of furan rings is 1. The fraction of sp³-hybridized carbons (Fsp3) is 0.421. The van der Waals surface area contributed by atoms with Crippen LogP contribution in [0.25, 0.3) is 5.65 Å². The number of aromatic nitrogens is 3. The van der Waals surface area contributed by atoms with Crippen LogP contribution >= 0.6 is 0 Å². The Balaban J connectivity index is 1.50. The van der Waals surface area contributed by atoms with E-state index in [4.69, 9.17) is 4.42 Å². The molecule has 3 aromatic heterocycles. The number of amides is 1. The lowest BCUT2D eigenvalue weighted by atomic mass is 9.96. The number of halogens is 3. The zero-order valence-electron chi connectivity index (χ0n) is 15.0. The molecule has 1 unspecified atom stereocenters. The number of hydrogen-bond donors (Lipinski definition) is 0. The number of hydrogen-bond acceptors (Lipinski definition) is 4. The molecular weight excluding hydrogens is 373 g/mol. The van der Waals surface area contributed by atoms with Gasteiger partial charge in [-0.05, 0) is 37.1 Å². The van der Waals surface area contributed by atoms with Gasteiger partial charge in [-0.15, -0.1) is 10.2 Å². The maximum atomic E-state index is 13.1. The summed E-state index contributed by atoms with van der Waals surface area (Å²) in [6.45, 7) is 1.06. The predicted octanol–water partition coefficient (Wildman–Crippen LogP) is 3.68. The molecule has 1 saturated heterocycles. The molecule has 3 aromatic rings. The molecule has 6 nitrogen and oxygen atoms in total. The van der Waals surface area contributed by atoms with Gasteiger partial charge in [0.1, 0.15) is 11.6 Å². The number of pyridine rings is 1. The van der Waals surface area contributed by atoms with Gasteiger partial charge in [0.15, 0.2) is 5.65 Å². The number of carbonyl (C=O) groups is 1. The molecule has 0 radical (unpaired) electrons. The molecule has 1 amide bonds. The normalized spacial score (nSPS) is 18.0. The second-order valence-corrected chi connectivity index (χ2v) is 6.96. The van der Waals surface area contributed by atoms with Crippen LogP contribution in [-0.2, 0) is 17.4 Å². The predicted molar refractivity (Wildman–Crippen MR) is 93.6 cm³/mol. The molecule has 0 aliphatic carbocycles. The van der Waals surface area contributed by atoms with Gasteiger partial charge in [0.05, 0.1) is 11.8 Å². The van der Waals surface area contributed by atoms with E-state index in [1.807, 2.05) is 6.07 Å². The SMILES string of the molecule is O=C(CCc1ccco1)N1CCCC(c2nnc3ccc(C(F)(F)F)cn23)C1. The van der Waals surface area contributed by atoms with Crippen LogP contribution in [0.1, 0.15) is 42.3 Å². The Bertz CT molecular complexity index is 965. The molecule has 1 atom stereocenters. The van der Waals surface area contributed by atoms with Crippen molar-refractivity contribution in [1.29, 1.82) is 0 Å². The quantitative estimate of drug-likeness (QED) is 0.680. The molecule has 1 aliphatic heterocycles. The summed E-state index contributed by atoms with van der Waals surface area (Å²) in [6, 6.07) is 5.92. The fourth-order valence-electron chi connectivity index (χ4n) is 3.61. The van der Waals surface area contributed by atoms with E-state index in [9.17, 15) is 18.0 Å². The Morgan fingerprint density at radius 2 is 2.11 bits per heavy atom. The first kappa shape index (κ1) is 18.5. The minimum Gasteiger partial charge on any atom is -0.469 e. The molecular formula is C19H19F3N4O2. The monoisotopic (exact) mass is 392 g/mol. The van der Waals surface area contributed by atoms with E-state index < -0.39 is 11.7 Å². The Labute approximate surface area is 159 Å². The number of likely N-dealkylation sites (tertiary alicyclic amines) is 1. The number of nitrogens with zero attached hydrogens (tertiary/aromatic N) is 4. The highest BCUT2D eigenvalue weighted by Crippen LogP contribution is 2.31. The molecule has 0 bridgehead atoms. The molecule has 9 heteroatoms. The molecule has 0 N–H and O–H groups in total. The zero-order valence-corrected chi connectivity index (χ0v) is 15.0. The van der Waals surface area contributed by atoms with Gasteiger partial charge in [-0.2, -0.15) is 13.2 Å². The van der Waals surface area contributed by atoms with Gasteiger partial charge in [-0.25, -0.2) is 0 Å². The van der Waals surface area contributed by atoms with Crippen LogP contribution in [-0.4, -0.2) is 38.5 Å². The second-order valence-electron chi connectivity index (χ2n) is 6.96. The van der Waals surface area contributed by atoms with Crippen molar-refractivity contribution in [2.45, 2.75) is 37.8 Å². The number of alkyl halides is 3. The lowest BCUT2D eigenvalue weighted by Gasteiger charge is -2.32. The fourth-order valence-corrected chi connectivity index (χ4v) is 3.61. The minimum atomic E-state index is -4.43. The van der Waals surface area contributed by atoms with E-state index in [2.05, 4.69) is 10.2 Å². The van der Waals surface area contributed by atoms with E-state index in [1.54, 1.807) is 17.2 Å². The average molecular weight is 392 g/mol. The largest absolute Gasteiger partial charge is 0.469 e. The van der Waals surface area contributed by atoms with Crippen molar-refractivity contribution in [3.63, 3.8) is 0 Å². The Morgan fingerprint density at radius 1 is 1.25 bits per heavy atom. The van der Waals surface area contributed by atoms with Crippen LogP contribution in [0.5, 0.6) is 0 Å². The minimum absolute atomic E-state index is 0.00546. The number of rotatable bonds is 4. The first-order valence-corrected chi connectivity index (χ1v) is 9.14. The first-order valence-electron chi connectivity index (χ1n) is 9.14. The number of fused-ring (bicyclic) bond motifs is 1. The summed E-state index contributed by atoms with van der Waals surface area (Å²) in [5.74, 6) is 1.07. The van der Waals surface area contributed by atoms with Gasteiger partial charge in [-0.1, -0.05) is 0 Å². The van der Waals surface area contributed by atoms with E-state index in [0.29, 0.717) is 37.4 Å². The Hall–Kier alpha value is -2.84. The highest BCUT2D eigenvalue weighted by Gasteiger charge is 2.32. The summed E-state index contributed by atoms with van der Waals surface area (Å²) in [7, 11) is 0. The smallest absolute Gasteiger partial charge is 0.417 e. The van der Waals surface area contributed by atoms with Gasteiger partial charge in [0.25, 0.3) is 0 Å². The molecule has 148 valence electrons. The van der Waals surface area contributed by atoms with Gasteiger partial charge in [0, 0.05) is 38.0 Å². The van der Waals surface area contributed by atoms with Crippen LogP contribution in [0.3, 0.4) is 0 Å². The third kappa shape index (κ3) is 3.74. The third-order valence-electron chi connectivity index (χ3n) is 5.06. The summed E-state index contributed by atoms with van der Waals surface area (Å²) in [4.78, 5) is 14.3. The maximum Gasteiger partial charge on any atom is 0.417 e. The number of piperidine rings is 1. The summed E-state index contributed by atoms with van der Waals surface area (Å²) in [5, 5.41) is 8.10. The summed E-state index contributed by atoms with van der Waals surface area (Å²) < 4.78 is 45.8. The van der Waals surface area contributed by atoms with E-state index in [0.717, 1.165) is 30.9 Å². The third-order valence-corrected chi connectivity index (χ3v) is 5.06. The van der Waals surface area contributed by atoms with Gasteiger partial charge < -0.3 is 9.32 Å². The Morgan fingerprint density at radius 3 is 2.86 bits per heavy atom. The molecule has 4 rings (SSSR count). The van der Waals surface area contributed by atoms with E-state index in [1.165, 1.54) is 10.5 Å². The first-order chi connectivity index (χ1) is 13.4. The highest BCUT2D eigenvalue weighted by atomic mass is 19.4. The average Bonchev–Trinajstić information content (AvgIpc) is 3.34. The molecule has 0 saturated carbocycles. The highest BCUT2D eigenvalue weighted by molar-refractivity contribution is 5.76. The molecule has 0 spiro atoms. The zero-order chi connectivity index (χ0) is 19.7. The Kier molecular flexibility index (Phi) is 4.82. The lowest BCUT2D eigenvalue weighted by Crippen LogP contribution is -2.39. The number of aryl methyl sites for hydroxylation is 1. The van der Waals surface area contributed by atoms with Gasteiger partial charge in [-0.3, -0.25) is 9.20 Å². The van der Waals surface area contributed by atoms with Crippen molar-refractivity contribution < 1.29 is 22.4 Å².